The normalized spacial score (nSPS) is 12.1. The number of primary sulfonamides is 1. The number of thiophene rings is 1. The van der Waals surface area contributed by atoms with Gasteiger partial charge in [0.15, 0.2) is 0 Å². The van der Waals surface area contributed by atoms with E-state index in [1.54, 1.807) is 23.5 Å². The molecular formula is C13H14N2O2S2. The van der Waals surface area contributed by atoms with Crippen LogP contribution in [0, 0.1) is 0 Å². The maximum Gasteiger partial charge on any atom is 0.238 e. The first-order valence-electron chi connectivity index (χ1n) is 5.71. The lowest BCUT2D eigenvalue weighted by Crippen LogP contribution is -2.11. The summed E-state index contributed by atoms with van der Waals surface area (Å²) in [5, 5.41) is 7.04. The van der Waals surface area contributed by atoms with Crippen LogP contribution in [0.25, 0.3) is 0 Å². The van der Waals surface area contributed by atoms with E-state index in [4.69, 9.17) is 5.14 Å². The molecule has 0 radical (unpaired) electrons. The number of hydrogen-bond acceptors (Lipinski definition) is 4. The Balaban J connectivity index is 1.90. The van der Waals surface area contributed by atoms with Crippen LogP contribution >= 0.6 is 11.3 Å². The zero-order valence-corrected chi connectivity index (χ0v) is 11.8. The van der Waals surface area contributed by atoms with E-state index >= 15 is 0 Å². The van der Waals surface area contributed by atoms with Gasteiger partial charge in [-0.1, -0.05) is 18.2 Å². The Morgan fingerprint density at radius 3 is 2.53 bits per heavy atom. The zero-order valence-electron chi connectivity index (χ0n) is 10.2. The smallest absolute Gasteiger partial charge is 0.238 e. The molecule has 0 bridgehead atoms. The fourth-order valence-corrected chi connectivity index (χ4v) is 2.68. The Bertz CT molecular complexity index is 644. The molecule has 2 rings (SSSR count). The van der Waals surface area contributed by atoms with Crippen LogP contribution in [0.15, 0.2) is 51.7 Å². The molecule has 100 valence electrons. The molecule has 0 aliphatic carbocycles. The standard InChI is InChI=1S/C13H14N2O2S2/c14-19(16,17)13-5-3-11(4-6-13)7-8-15-10-12-2-1-9-18-12/h1-6,9-10H,7-8H2,(H2,14,16,17). The Hall–Kier alpha value is -1.50. The van der Waals surface area contributed by atoms with E-state index < -0.39 is 10.0 Å². The predicted octanol–water partition coefficient (Wildman–Crippen LogP) is 2.06. The van der Waals surface area contributed by atoms with Crippen molar-refractivity contribution in [2.45, 2.75) is 11.3 Å². The van der Waals surface area contributed by atoms with Gasteiger partial charge in [0.25, 0.3) is 0 Å². The lowest BCUT2D eigenvalue weighted by Gasteiger charge is -2.00. The molecule has 1 aromatic carbocycles. The van der Waals surface area contributed by atoms with Crippen molar-refractivity contribution in [2.24, 2.45) is 10.1 Å². The first-order valence-corrected chi connectivity index (χ1v) is 8.13. The monoisotopic (exact) mass is 294 g/mol. The van der Waals surface area contributed by atoms with Crippen molar-refractivity contribution >= 4 is 27.6 Å². The maximum atomic E-state index is 11.1. The predicted molar refractivity (Wildman–Crippen MR) is 78.3 cm³/mol. The van der Waals surface area contributed by atoms with E-state index in [1.807, 2.05) is 23.7 Å². The molecule has 0 fully saturated rings. The number of aliphatic imine (C=N–C) groups is 1. The highest BCUT2D eigenvalue weighted by Gasteiger charge is 2.06. The Kier molecular flexibility index (Phi) is 4.47. The first-order chi connectivity index (χ1) is 9.05. The summed E-state index contributed by atoms with van der Waals surface area (Å²) < 4.78 is 22.2. The maximum absolute atomic E-state index is 11.1. The molecule has 0 saturated heterocycles. The molecule has 6 heteroatoms. The molecule has 2 aromatic rings. The molecule has 0 aliphatic heterocycles. The van der Waals surface area contributed by atoms with E-state index in [-0.39, 0.29) is 4.90 Å². The van der Waals surface area contributed by atoms with Crippen LogP contribution in [0.1, 0.15) is 10.4 Å². The Morgan fingerprint density at radius 1 is 1.21 bits per heavy atom. The largest absolute Gasteiger partial charge is 0.291 e. The number of hydrogen-bond donors (Lipinski definition) is 1. The molecule has 0 spiro atoms. The van der Waals surface area contributed by atoms with Crippen LogP contribution in [0.2, 0.25) is 0 Å². The average molecular weight is 294 g/mol. The Morgan fingerprint density at radius 2 is 1.95 bits per heavy atom. The molecule has 1 heterocycles. The molecule has 0 aliphatic rings. The van der Waals surface area contributed by atoms with E-state index in [9.17, 15) is 8.42 Å². The number of nitrogens with two attached hydrogens (primary N) is 1. The second kappa shape index (κ2) is 6.10. The van der Waals surface area contributed by atoms with E-state index in [0.717, 1.165) is 16.9 Å². The summed E-state index contributed by atoms with van der Waals surface area (Å²) in [6.07, 6.45) is 2.62. The van der Waals surface area contributed by atoms with Crippen LogP contribution < -0.4 is 5.14 Å². The molecule has 4 nitrogen and oxygen atoms in total. The second-order valence-corrected chi connectivity index (χ2v) is 6.53. The van der Waals surface area contributed by atoms with Crippen molar-refractivity contribution in [1.82, 2.24) is 0 Å². The minimum atomic E-state index is -3.60. The van der Waals surface area contributed by atoms with Crippen molar-refractivity contribution in [2.75, 3.05) is 6.54 Å². The fourth-order valence-electron chi connectivity index (χ4n) is 1.56. The highest BCUT2D eigenvalue weighted by Crippen LogP contribution is 2.09. The first kappa shape index (κ1) is 13.9. The van der Waals surface area contributed by atoms with Gasteiger partial charge in [0.2, 0.25) is 10.0 Å². The summed E-state index contributed by atoms with van der Waals surface area (Å²) in [6, 6.07) is 10.6. The highest BCUT2D eigenvalue weighted by atomic mass is 32.2. The van der Waals surface area contributed by atoms with Crippen molar-refractivity contribution in [3.63, 3.8) is 0 Å². The lowest BCUT2D eigenvalue weighted by atomic mass is 10.1. The zero-order chi connectivity index (χ0) is 13.7. The van der Waals surface area contributed by atoms with Gasteiger partial charge in [0.05, 0.1) is 4.90 Å². The van der Waals surface area contributed by atoms with Gasteiger partial charge in [-0.3, -0.25) is 4.99 Å². The lowest BCUT2D eigenvalue weighted by molar-refractivity contribution is 0.598. The van der Waals surface area contributed by atoms with Crippen molar-refractivity contribution in [3.05, 3.63) is 52.2 Å². The van der Waals surface area contributed by atoms with Gasteiger partial charge in [-0.15, -0.1) is 11.3 Å². The average Bonchev–Trinajstić information content (AvgIpc) is 2.87. The van der Waals surface area contributed by atoms with Gasteiger partial charge >= 0.3 is 0 Å². The molecule has 0 saturated carbocycles. The van der Waals surface area contributed by atoms with Gasteiger partial charge in [-0.05, 0) is 35.6 Å². The topological polar surface area (TPSA) is 72.5 Å². The summed E-state index contributed by atoms with van der Waals surface area (Å²) in [7, 11) is -3.60. The SMILES string of the molecule is NS(=O)(=O)c1ccc(CCN=Cc2cccs2)cc1. The number of rotatable bonds is 5. The van der Waals surface area contributed by atoms with Crippen LogP contribution in [0.5, 0.6) is 0 Å². The summed E-state index contributed by atoms with van der Waals surface area (Å²) >= 11 is 1.64. The third-order valence-corrected chi connectivity index (χ3v) is 4.28. The van der Waals surface area contributed by atoms with Gasteiger partial charge in [-0.25, -0.2) is 13.6 Å². The Labute approximate surface area is 116 Å². The molecule has 1 aromatic heterocycles. The minimum Gasteiger partial charge on any atom is -0.291 e. The van der Waals surface area contributed by atoms with Gasteiger partial charge in [0.1, 0.15) is 0 Å². The van der Waals surface area contributed by atoms with E-state index in [0.29, 0.717) is 6.54 Å². The van der Waals surface area contributed by atoms with Crippen molar-refractivity contribution in [1.29, 1.82) is 0 Å². The third kappa shape index (κ3) is 4.27. The molecule has 2 N–H and O–H groups in total. The molecule has 19 heavy (non-hydrogen) atoms. The minimum absolute atomic E-state index is 0.137. The van der Waals surface area contributed by atoms with Crippen LogP contribution in [0.3, 0.4) is 0 Å². The second-order valence-electron chi connectivity index (χ2n) is 3.99. The van der Waals surface area contributed by atoms with Gasteiger partial charge < -0.3 is 0 Å². The fraction of sp³-hybridized carbons (Fsp3) is 0.154. The summed E-state index contributed by atoms with van der Waals surface area (Å²) in [4.78, 5) is 5.59. The van der Waals surface area contributed by atoms with Crippen molar-refractivity contribution in [3.8, 4) is 0 Å². The summed E-state index contributed by atoms with van der Waals surface area (Å²) in [5.41, 5.74) is 1.04. The third-order valence-electron chi connectivity index (χ3n) is 2.54. The molecular weight excluding hydrogens is 280 g/mol. The quantitative estimate of drug-likeness (QED) is 0.857. The highest BCUT2D eigenvalue weighted by molar-refractivity contribution is 7.89. The number of nitrogens with zero attached hydrogens (tertiary/aromatic N) is 1. The summed E-state index contributed by atoms with van der Waals surface area (Å²) in [6.45, 7) is 0.673. The molecule has 0 amide bonds. The number of sulfonamides is 1. The molecule has 0 unspecified atom stereocenters. The van der Waals surface area contributed by atoms with Gasteiger partial charge in [0, 0.05) is 17.6 Å². The van der Waals surface area contributed by atoms with Gasteiger partial charge in [-0.2, -0.15) is 0 Å². The van der Waals surface area contributed by atoms with Crippen LogP contribution in [-0.4, -0.2) is 21.2 Å². The van der Waals surface area contributed by atoms with Crippen molar-refractivity contribution < 1.29 is 8.42 Å². The molecule has 0 atom stereocenters. The van der Waals surface area contributed by atoms with E-state index in [1.165, 1.54) is 12.1 Å². The van der Waals surface area contributed by atoms with Crippen LogP contribution in [0.4, 0.5) is 0 Å². The van der Waals surface area contributed by atoms with Crippen LogP contribution in [-0.2, 0) is 16.4 Å². The van der Waals surface area contributed by atoms with E-state index in [2.05, 4.69) is 4.99 Å². The number of benzene rings is 1. The summed E-state index contributed by atoms with van der Waals surface area (Å²) in [5.74, 6) is 0.